The van der Waals surface area contributed by atoms with Crippen molar-refractivity contribution >= 4 is 49.1 Å². The number of hydrogen-bond acceptors (Lipinski definition) is 3. The predicted octanol–water partition coefficient (Wildman–Crippen LogP) is 2.94. The van der Waals surface area contributed by atoms with Gasteiger partial charge in [-0.3, -0.25) is 9.48 Å². The van der Waals surface area contributed by atoms with Crippen LogP contribution in [0.5, 0.6) is 0 Å². The monoisotopic (exact) mass is 377 g/mol. The maximum atomic E-state index is 11.8. The van der Waals surface area contributed by atoms with E-state index in [9.17, 15) is 4.79 Å². The summed E-state index contributed by atoms with van der Waals surface area (Å²) in [6.07, 6.45) is 1.71. The van der Waals surface area contributed by atoms with E-state index in [-0.39, 0.29) is 5.91 Å². The standard InChI is InChI=1S/C10H9Br2N3OS/c1-15-6(2-3-14-15)5-13-10(16)8-4-7(11)9(12)17-8/h2-4H,5H2,1H3,(H,13,16). The number of rotatable bonds is 3. The molecule has 7 heteroatoms. The minimum atomic E-state index is -0.0809. The van der Waals surface area contributed by atoms with Crippen molar-refractivity contribution in [1.29, 1.82) is 0 Å². The number of aryl methyl sites for hydroxylation is 1. The molecule has 0 radical (unpaired) electrons. The highest BCUT2D eigenvalue weighted by molar-refractivity contribution is 9.13. The Morgan fingerprint density at radius 2 is 2.35 bits per heavy atom. The predicted molar refractivity (Wildman–Crippen MR) is 74.1 cm³/mol. The second-order valence-electron chi connectivity index (χ2n) is 3.36. The molecule has 17 heavy (non-hydrogen) atoms. The fourth-order valence-electron chi connectivity index (χ4n) is 1.29. The number of amides is 1. The Bertz CT molecular complexity index is 530. The smallest absolute Gasteiger partial charge is 0.261 e. The molecule has 2 heterocycles. The van der Waals surface area contributed by atoms with Gasteiger partial charge in [-0.15, -0.1) is 11.3 Å². The molecule has 0 aliphatic carbocycles. The summed E-state index contributed by atoms with van der Waals surface area (Å²) in [5.41, 5.74) is 0.966. The number of halogens is 2. The van der Waals surface area contributed by atoms with Crippen molar-refractivity contribution in [1.82, 2.24) is 15.1 Å². The molecule has 2 aromatic rings. The lowest BCUT2D eigenvalue weighted by Crippen LogP contribution is -2.23. The molecule has 2 rings (SSSR count). The third kappa shape index (κ3) is 2.97. The Kier molecular flexibility index (Phi) is 4.01. The van der Waals surface area contributed by atoms with Crippen LogP contribution < -0.4 is 5.32 Å². The van der Waals surface area contributed by atoms with Crippen LogP contribution in [0.2, 0.25) is 0 Å². The topological polar surface area (TPSA) is 46.9 Å². The van der Waals surface area contributed by atoms with Gasteiger partial charge in [-0.2, -0.15) is 5.10 Å². The second-order valence-corrected chi connectivity index (χ2v) is 6.59. The first-order valence-electron chi connectivity index (χ1n) is 4.78. The van der Waals surface area contributed by atoms with Gasteiger partial charge in [-0.05, 0) is 44.0 Å². The summed E-state index contributed by atoms with van der Waals surface area (Å²) in [5.74, 6) is -0.0809. The quantitative estimate of drug-likeness (QED) is 0.892. The van der Waals surface area contributed by atoms with Crippen LogP contribution in [0, 0.1) is 0 Å². The van der Waals surface area contributed by atoms with Crippen molar-refractivity contribution in [2.75, 3.05) is 0 Å². The van der Waals surface area contributed by atoms with Gasteiger partial charge in [0.2, 0.25) is 0 Å². The van der Waals surface area contributed by atoms with Gasteiger partial charge in [0.1, 0.15) is 0 Å². The van der Waals surface area contributed by atoms with Crippen molar-refractivity contribution in [3.05, 3.63) is 37.2 Å². The molecular weight excluding hydrogens is 370 g/mol. The van der Waals surface area contributed by atoms with E-state index in [4.69, 9.17) is 0 Å². The van der Waals surface area contributed by atoms with Gasteiger partial charge in [0.15, 0.2) is 0 Å². The van der Waals surface area contributed by atoms with Gasteiger partial charge in [0, 0.05) is 17.7 Å². The SMILES string of the molecule is Cn1nccc1CNC(=O)c1cc(Br)c(Br)s1. The number of carbonyl (C=O) groups is 1. The molecular formula is C10H9Br2N3OS. The lowest BCUT2D eigenvalue weighted by Gasteiger charge is -2.03. The Morgan fingerprint density at radius 3 is 2.88 bits per heavy atom. The summed E-state index contributed by atoms with van der Waals surface area (Å²) in [5, 5.41) is 6.89. The van der Waals surface area contributed by atoms with E-state index in [0.29, 0.717) is 11.4 Å². The number of carbonyl (C=O) groups excluding carboxylic acids is 1. The Balaban J connectivity index is 2.00. The molecule has 4 nitrogen and oxygen atoms in total. The summed E-state index contributed by atoms with van der Waals surface area (Å²) in [7, 11) is 1.85. The Hall–Kier alpha value is -0.660. The van der Waals surface area contributed by atoms with Crippen LogP contribution in [0.25, 0.3) is 0 Å². The average Bonchev–Trinajstić information content (AvgIpc) is 2.83. The molecule has 0 bridgehead atoms. The van der Waals surface area contributed by atoms with Gasteiger partial charge in [-0.25, -0.2) is 0 Å². The molecule has 1 N–H and O–H groups in total. The first kappa shape index (κ1) is 12.8. The van der Waals surface area contributed by atoms with Crippen LogP contribution in [0.4, 0.5) is 0 Å². The zero-order valence-corrected chi connectivity index (χ0v) is 12.9. The summed E-state index contributed by atoms with van der Waals surface area (Å²) >= 11 is 8.12. The minimum absolute atomic E-state index is 0.0809. The van der Waals surface area contributed by atoms with E-state index in [1.165, 1.54) is 11.3 Å². The fraction of sp³-hybridized carbons (Fsp3) is 0.200. The molecule has 0 fully saturated rings. The molecule has 0 spiro atoms. The van der Waals surface area contributed by atoms with Crippen molar-refractivity contribution < 1.29 is 4.79 Å². The number of nitrogens with zero attached hydrogens (tertiary/aromatic N) is 2. The molecule has 90 valence electrons. The molecule has 0 atom stereocenters. The summed E-state index contributed by atoms with van der Waals surface area (Å²) in [6.45, 7) is 0.475. The van der Waals surface area contributed by atoms with Crippen molar-refractivity contribution in [3.63, 3.8) is 0 Å². The highest BCUT2D eigenvalue weighted by Crippen LogP contribution is 2.32. The van der Waals surface area contributed by atoms with Gasteiger partial charge >= 0.3 is 0 Å². The number of hydrogen-bond donors (Lipinski definition) is 1. The van der Waals surface area contributed by atoms with Crippen LogP contribution in [-0.4, -0.2) is 15.7 Å². The number of nitrogens with one attached hydrogen (secondary N) is 1. The zero-order valence-electron chi connectivity index (χ0n) is 8.91. The highest BCUT2D eigenvalue weighted by Gasteiger charge is 2.12. The van der Waals surface area contributed by atoms with Crippen LogP contribution >= 0.6 is 43.2 Å². The highest BCUT2D eigenvalue weighted by atomic mass is 79.9. The van der Waals surface area contributed by atoms with Crippen LogP contribution in [0.15, 0.2) is 26.6 Å². The van der Waals surface area contributed by atoms with Crippen LogP contribution in [-0.2, 0) is 13.6 Å². The maximum absolute atomic E-state index is 11.8. The van der Waals surface area contributed by atoms with Crippen molar-refractivity contribution in [3.8, 4) is 0 Å². The van der Waals surface area contributed by atoms with E-state index < -0.39 is 0 Å². The molecule has 2 aromatic heterocycles. The summed E-state index contributed by atoms with van der Waals surface area (Å²) in [6, 6.07) is 3.67. The number of thiophene rings is 1. The molecule has 0 unspecified atom stereocenters. The lowest BCUT2D eigenvalue weighted by atomic mass is 10.4. The van der Waals surface area contributed by atoms with Gasteiger partial charge in [0.05, 0.1) is 20.9 Å². The molecule has 0 aliphatic rings. The van der Waals surface area contributed by atoms with E-state index in [1.54, 1.807) is 16.9 Å². The third-order valence-corrected chi connectivity index (χ3v) is 5.48. The third-order valence-electron chi connectivity index (χ3n) is 2.22. The van der Waals surface area contributed by atoms with Crippen molar-refractivity contribution in [2.24, 2.45) is 7.05 Å². The van der Waals surface area contributed by atoms with Gasteiger partial charge < -0.3 is 5.32 Å². The van der Waals surface area contributed by atoms with Crippen LogP contribution in [0.3, 0.4) is 0 Å². The molecule has 0 saturated carbocycles. The first-order chi connectivity index (χ1) is 8.08. The fourth-order valence-corrected chi connectivity index (χ4v) is 3.24. The number of aromatic nitrogens is 2. The zero-order chi connectivity index (χ0) is 12.4. The lowest BCUT2D eigenvalue weighted by molar-refractivity contribution is 0.0954. The molecule has 1 amide bonds. The van der Waals surface area contributed by atoms with E-state index in [0.717, 1.165) is 14.0 Å². The van der Waals surface area contributed by atoms with Crippen LogP contribution in [0.1, 0.15) is 15.4 Å². The molecule has 0 aromatic carbocycles. The summed E-state index contributed by atoms with van der Waals surface area (Å²) in [4.78, 5) is 12.5. The first-order valence-corrected chi connectivity index (χ1v) is 7.18. The van der Waals surface area contributed by atoms with Crippen molar-refractivity contribution in [2.45, 2.75) is 6.54 Å². The van der Waals surface area contributed by atoms with E-state index >= 15 is 0 Å². The Morgan fingerprint density at radius 1 is 1.59 bits per heavy atom. The average molecular weight is 379 g/mol. The maximum Gasteiger partial charge on any atom is 0.261 e. The largest absolute Gasteiger partial charge is 0.346 e. The van der Waals surface area contributed by atoms with Gasteiger partial charge in [0.25, 0.3) is 5.91 Å². The van der Waals surface area contributed by atoms with E-state index in [2.05, 4.69) is 42.3 Å². The normalized spacial score (nSPS) is 10.5. The summed E-state index contributed by atoms with van der Waals surface area (Å²) < 4.78 is 3.55. The van der Waals surface area contributed by atoms with Gasteiger partial charge in [-0.1, -0.05) is 0 Å². The minimum Gasteiger partial charge on any atom is -0.346 e. The van der Waals surface area contributed by atoms with E-state index in [1.807, 2.05) is 13.1 Å². The Labute approximate surface area is 119 Å². The second kappa shape index (κ2) is 5.32. The molecule has 0 aliphatic heterocycles. The molecule has 0 saturated heterocycles.